The van der Waals surface area contributed by atoms with E-state index < -0.39 is 0 Å². The van der Waals surface area contributed by atoms with E-state index in [4.69, 9.17) is 24.4 Å². The van der Waals surface area contributed by atoms with Crippen molar-refractivity contribution in [1.82, 2.24) is 29.7 Å². The van der Waals surface area contributed by atoms with Gasteiger partial charge in [0.25, 0.3) is 0 Å². The van der Waals surface area contributed by atoms with Crippen molar-refractivity contribution in [2.45, 2.75) is 57.1 Å². The molecular formula is C46H42N8O4. The molecule has 3 aliphatic heterocycles. The average molecular weight is 771 g/mol. The molecule has 58 heavy (non-hydrogen) atoms. The van der Waals surface area contributed by atoms with Crippen molar-refractivity contribution < 1.29 is 19.1 Å². The SMILES string of the molecule is O=C(OCc1ccccc1)N1CCC[C@H]1c1nc2ncc(-c3ccc4cc(-c5cnc6c(c5)NC([C@@H]5CCCN5C(=O)OCc5ccccc5)N6)ccc4c3)cc2[nH]1. The number of pyridine rings is 2. The molecule has 0 bridgehead atoms. The number of H-pyrrole nitrogens is 1. The van der Waals surface area contributed by atoms with Crippen LogP contribution in [0, 0.1) is 0 Å². The third-order valence-electron chi connectivity index (χ3n) is 11.5. The Morgan fingerprint density at radius 2 is 1.28 bits per heavy atom. The summed E-state index contributed by atoms with van der Waals surface area (Å²) >= 11 is 0. The fourth-order valence-electron chi connectivity index (χ4n) is 8.47. The van der Waals surface area contributed by atoms with Gasteiger partial charge in [-0.05, 0) is 83.0 Å². The number of nitrogens with one attached hydrogen (secondary N) is 3. The fraction of sp³-hybridized carbons (Fsp3) is 0.239. The first-order valence-electron chi connectivity index (χ1n) is 19.9. The molecule has 290 valence electrons. The van der Waals surface area contributed by atoms with Crippen LogP contribution < -0.4 is 10.6 Å². The molecule has 0 radical (unpaired) electrons. The summed E-state index contributed by atoms with van der Waals surface area (Å²) in [7, 11) is 0. The first-order valence-corrected chi connectivity index (χ1v) is 19.9. The van der Waals surface area contributed by atoms with Crippen molar-refractivity contribution in [3.05, 3.63) is 139 Å². The summed E-state index contributed by atoms with van der Waals surface area (Å²) in [4.78, 5) is 47.5. The van der Waals surface area contributed by atoms with Crippen LogP contribution in [0.5, 0.6) is 0 Å². The number of carbonyl (C=O) groups is 2. The summed E-state index contributed by atoms with van der Waals surface area (Å²) in [5.74, 6) is 1.50. The Balaban J connectivity index is 0.810. The number of hydrogen-bond donors (Lipinski definition) is 3. The molecule has 3 aliphatic rings. The number of carbonyl (C=O) groups excluding carboxylic acids is 2. The molecule has 6 heterocycles. The molecule has 2 amide bonds. The minimum Gasteiger partial charge on any atom is -0.445 e. The van der Waals surface area contributed by atoms with Gasteiger partial charge in [-0.2, -0.15) is 0 Å². The van der Waals surface area contributed by atoms with Gasteiger partial charge in [-0.3, -0.25) is 4.90 Å². The number of fused-ring (bicyclic) bond motifs is 3. The van der Waals surface area contributed by atoms with Crippen LogP contribution in [0.25, 0.3) is 44.2 Å². The maximum atomic E-state index is 13.1. The lowest BCUT2D eigenvalue weighted by Crippen LogP contribution is -2.47. The summed E-state index contributed by atoms with van der Waals surface area (Å²) in [6.45, 7) is 1.78. The molecule has 0 saturated carbocycles. The molecule has 12 heteroatoms. The zero-order valence-corrected chi connectivity index (χ0v) is 31.8. The van der Waals surface area contributed by atoms with Crippen LogP contribution in [0.3, 0.4) is 0 Å². The Labute approximate surface area is 335 Å². The zero-order chi connectivity index (χ0) is 39.0. The number of anilines is 2. The summed E-state index contributed by atoms with van der Waals surface area (Å²) < 4.78 is 11.3. The Morgan fingerprint density at radius 3 is 1.98 bits per heavy atom. The van der Waals surface area contributed by atoms with E-state index in [0.717, 1.165) is 92.7 Å². The lowest BCUT2D eigenvalue weighted by Gasteiger charge is -2.29. The van der Waals surface area contributed by atoms with Gasteiger partial charge in [-0.15, -0.1) is 0 Å². The van der Waals surface area contributed by atoms with E-state index in [2.05, 4.69) is 64.1 Å². The van der Waals surface area contributed by atoms with Crippen LogP contribution >= 0.6 is 0 Å². The average Bonchev–Trinajstić information content (AvgIpc) is 4.10. The highest BCUT2D eigenvalue weighted by Crippen LogP contribution is 2.37. The standard InChI is InChI=1S/C46H42N8O4/c55-45(57-27-29-9-3-1-4-10-29)53-19-7-13-39(53)43-49-37-23-35(25-47-41(37)51-43)33-17-15-32-22-34(18-16-31(32)21-33)36-24-38-42(48-26-36)52-44(50-38)40-14-8-20-54(40)46(56)58-28-30-11-5-2-6-12-30/h1-6,9-12,15-18,21-26,39-40,43,49H,7-8,13-14,19-20,27-28H2,(H,47,51)(H,48,50,52)/t39-,40-,43?/m0/s1. The maximum absolute atomic E-state index is 13.1. The van der Waals surface area contributed by atoms with Gasteiger partial charge in [-0.25, -0.2) is 24.5 Å². The summed E-state index contributed by atoms with van der Waals surface area (Å²) in [6, 6.07) is 36.3. The summed E-state index contributed by atoms with van der Waals surface area (Å²) in [5.41, 5.74) is 8.36. The van der Waals surface area contributed by atoms with Crippen molar-refractivity contribution in [3.8, 4) is 22.3 Å². The molecule has 1 unspecified atom stereocenters. The van der Waals surface area contributed by atoms with Crippen LogP contribution in [-0.4, -0.2) is 67.2 Å². The number of imidazole rings is 1. The highest BCUT2D eigenvalue weighted by molar-refractivity contribution is 5.92. The molecule has 12 nitrogen and oxygen atoms in total. The van der Waals surface area contributed by atoms with E-state index in [0.29, 0.717) is 18.7 Å². The second kappa shape index (κ2) is 15.2. The number of nitrogens with zero attached hydrogens (tertiary/aromatic N) is 5. The van der Waals surface area contributed by atoms with Crippen molar-refractivity contribution in [1.29, 1.82) is 0 Å². The van der Waals surface area contributed by atoms with Gasteiger partial charge in [0.15, 0.2) is 11.5 Å². The number of likely N-dealkylation sites (tertiary alicyclic amines) is 2. The van der Waals surface area contributed by atoms with Crippen molar-refractivity contribution in [2.24, 2.45) is 0 Å². The molecule has 10 rings (SSSR count). The Bertz CT molecular complexity index is 2630. The predicted molar refractivity (Wildman–Crippen MR) is 223 cm³/mol. The monoisotopic (exact) mass is 770 g/mol. The number of aromatic nitrogens is 4. The van der Waals surface area contributed by atoms with E-state index in [1.807, 2.05) is 78.0 Å². The zero-order valence-electron chi connectivity index (χ0n) is 31.8. The lowest BCUT2D eigenvalue weighted by molar-refractivity contribution is 0.0900. The number of benzene rings is 4. The van der Waals surface area contributed by atoms with Crippen molar-refractivity contribution in [2.75, 3.05) is 23.7 Å². The van der Waals surface area contributed by atoms with Gasteiger partial charge in [0.1, 0.15) is 25.2 Å². The van der Waals surface area contributed by atoms with E-state index >= 15 is 0 Å². The van der Waals surface area contributed by atoms with E-state index in [9.17, 15) is 9.59 Å². The number of ether oxygens (including phenoxy) is 2. The normalized spacial score (nSPS) is 18.6. The highest BCUT2D eigenvalue weighted by Gasteiger charge is 2.39. The van der Waals surface area contributed by atoms with Crippen LogP contribution in [0.15, 0.2) is 122 Å². The molecule has 3 aromatic heterocycles. The highest BCUT2D eigenvalue weighted by atomic mass is 16.6. The van der Waals surface area contributed by atoms with Crippen molar-refractivity contribution >= 4 is 45.6 Å². The minimum absolute atomic E-state index is 0.0548. The second-order valence-electron chi connectivity index (χ2n) is 15.2. The first kappa shape index (κ1) is 35.5. The van der Waals surface area contributed by atoms with E-state index in [-0.39, 0.29) is 43.6 Å². The van der Waals surface area contributed by atoms with Gasteiger partial charge >= 0.3 is 12.2 Å². The van der Waals surface area contributed by atoms with Gasteiger partial charge in [-0.1, -0.05) is 84.9 Å². The van der Waals surface area contributed by atoms with Gasteiger partial charge in [0.05, 0.1) is 23.3 Å². The predicted octanol–water partition coefficient (Wildman–Crippen LogP) is 9.28. The smallest absolute Gasteiger partial charge is 0.410 e. The molecule has 2 saturated heterocycles. The van der Waals surface area contributed by atoms with Crippen LogP contribution in [0.4, 0.5) is 21.1 Å². The Kier molecular flexibility index (Phi) is 9.28. The van der Waals surface area contributed by atoms with Gasteiger partial charge in [0, 0.05) is 36.6 Å². The molecule has 7 aromatic rings. The molecule has 0 aliphatic carbocycles. The molecule has 0 spiro atoms. The molecule has 3 atom stereocenters. The van der Waals surface area contributed by atoms with E-state index in [1.165, 1.54) is 0 Å². The fourth-order valence-corrected chi connectivity index (χ4v) is 8.47. The maximum Gasteiger partial charge on any atom is 0.410 e. The topological polar surface area (TPSA) is 138 Å². The third kappa shape index (κ3) is 7.02. The summed E-state index contributed by atoms with van der Waals surface area (Å²) in [6.07, 6.45) is 6.44. The van der Waals surface area contributed by atoms with Crippen molar-refractivity contribution in [3.63, 3.8) is 0 Å². The van der Waals surface area contributed by atoms with E-state index in [1.54, 1.807) is 4.90 Å². The number of amides is 2. The number of aromatic amines is 1. The molecule has 3 N–H and O–H groups in total. The second-order valence-corrected chi connectivity index (χ2v) is 15.2. The Hall–Kier alpha value is -6.95. The Morgan fingerprint density at radius 1 is 0.655 bits per heavy atom. The quantitative estimate of drug-likeness (QED) is 0.138. The molecule has 2 fully saturated rings. The van der Waals surface area contributed by atoms with Gasteiger partial charge in [0.2, 0.25) is 0 Å². The number of rotatable bonds is 8. The van der Waals surface area contributed by atoms with Crippen LogP contribution in [0.1, 0.15) is 48.7 Å². The first-order chi connectivity index (χ1) is 28.5. The summed E-state index contributed by atoms with van der Waals surface area (Å²) in [5, 5.41) is 9.32. The van der Waals surface area contributed by atoms with Gasteiger partial charge < -0.3 is 30.0 Å². The van der Waals surface area contributed by atoms with Crippen LogP contribution in [-0.2, 0) is 22.7 Å². The number of hydrogen-bond acceptors (Lipinski definition) is 9. The lowest BCUT2D eigenvalue weighted by atomic mass is 9.98. The third-order valence-corrected chi connectivity index (χ3v) is 11.5. The largest absolute Gasteiger partial charge is 0.445 e. The molecule has 4 aromatic carbocycles. The van der Waals surface area contributed by atoms with Crippen LogP contribution in [0.2, 0.25) is 0 Å². The minimum atomic E-state index is -0.333. The molecular weight excluding hydrogens is 729 g/mol.